The quantitative estimate of drug-likeness (QED) is 0.510. The largest absolute Gasteiger partial charge is 0.463 e. The zero-order valence-electron chi connectivity index (χ0n) is 20.0. The molecule has 1 unspecified atom stereocenters. The lowest BCUT2D eigenvalue weighted by Crippen LogP contribution is -2.39. The maximum Gasteiger partial charge on any atom is 0.338 e. The lowest BCUT2D eigenvalue weighted by Gasteiger charge is -2.25. The van der Waals surface area contributed by atoms with Crippen LogP contribution in [0.5, 0.6) is 11.5 Å². The van der Waals surface area contributed by atoms with Crippen LogP contribution in [0.3, 0.4) is 0 Å². The van der Waals surface area contributed by atoms with E-state index >= 15 is 0 Å². The predicted molar refractivity (Wildman–Crippen MR) is 133 cm³/mol. The van der Waals surface area contributed by atoms with Crippen LogP contribution in [0.1, 0.15) is 56.3 Å². The maximum atomic E-state index is 13.7. The second-order valence-corrected chi connectivity index (χ2v) is 9.75. The average molecular weight is 491 g/mol. The molecule has 180 valence electrons. The number of hydrogen-bond acceptors (Lipinski definition) is 7. The molecule has 3 heterocycles. The molecule has 0 fully saturated rings. The fraction of sp³-hybridized carbons (Fsp3) is 0.296. The number of carbonyl (C=O) groups is 1. The van der Waals surface area contributed by atoms with Gasteiger partial charge in [0.1, 0.15) is 0 Å². The van der Waals surface area contributed by atoms with Crippen LogP contribution >= 0.6 is 11.3 Å². The summed E-state index contributed by atoms with van der Waals surface area (Å²) in [5.41, 5.74) is 3.56. The highest BCUT2D eigenvalue weighted by Gasteiger charge is 2.33. The maximum absolute atomic E-state index is 13.7. The number of esters is 1. The Balaban J connectivity index is 1.67. The fourth-order valence-corrected chi connectivity index (χ4v) is 5.37. The van der Waals surface area contributed by atoms with E-state index in [1.807, 2.05) is 48.5 Å². The first kappa shape index (κ1) is 23.1. The molecule has 2 aliphatic heterocycles. The molecule has 8 heteroatoms. The normalized spacial score (nSPS) is 16.9. The Morgan fingerprint density at radius 1 is 1.20 bits per heavy atom. The van der Waals surface area contributed by atoms with Gasteiger partial charge in [0.05, 0.1) is 28.5 Å². The Labute approximate surface area is 206 Å². The van der Waals surface area contributed by atoms with Crippen LogP contribution in [0.2, 0.25) is 0 Å². The SMILES string of the molecule is CCOC(=O)C1=C(C)N=c2s/c(=C\c3ccc4c(c3)OCO4)c(=O)n2C1c1ccc(C(C)C)cc1. The molecular formula is C27H26N2O5S. The number of fused-ring (bicyclic) bond motifs is 2. The topological polar surface area (TPSA) is 79.1 Å². The first-order valence-electron chi connectivity index (χ1n) is 11.6. The van der Waals surface area contributed by atoms with E-state index in [-0.39, 0.29) is 19.0 Å². The molecule has 0 aliphatic carbocycles. The number of allylic oxidation sites excluding steroid dienone is 1. The summed E-state index contributed by atoms with van der Waals surface area (Å²) in [5, 5.41) is 0. The number of rotatable bonds is 5. The monoisotopic (exact) mass is 490 g/mol. The van der Waals surface area contributed by atoms with Crippen molar-refractivity contribution in [2.45, 2.75) is 39.7 Å². The van der Waals surface area contributed by atoms with Crippen molar-refractivity contribution in [1.82, 2.24) is 4.57 Å². The molecule has 35 heavy (non-hydrogen) atoms. The number of carbonyl (C=O) groups excluding carboxylic acids is 1. The molecule has 1 atom stereocenters. The van der Waals surface area contributed by atoms with E-state index in [0.29, 0.717) is 38.0 Å². The summed E-state index contributed by atoms with van der Waals surface area (Å²) in [4.78, 5) is 31.9. The standard InChI is InChI=1S/C27H26N2O5S/c1-5-32-26(31)23-16(4)28-27-29(24(23)19-9-7-18(8-10-19)15(2)3)25(30)22(35-27)13-17-6-11-20-21(12-17)34-14-33-20/h6-13,15,24H,5,14H2,1-4H3/b22-13-. The summed E-state index contributed by atoms with van der Waals surface area (Å²) in [6.45, 7) is 8.23. The minimum absolute atomic E-state index is 0.187. The first-order valence-corrected chi connectivity index (χ1v) is 12.4. The van der Waals surface area contributed by atoms with Crippen molar-refractivity contribution < 1.29 is 19.0 Å². The number of nitrogens with zero attached hydrogens (tertiary/aromatic N) is 2. The van der Waals surface area contributed by atoms with Gasteiger partial charge in [-0.15, -0.1) is 0 Å². The molecule has 3 aromatic rings. The van der Waals surface area contributed by atoms with E-state index in [1.54, 1.807) is 18.4 Å². The summed E-state index contributed by atoms with van der Waals surface area (Å²) in [7, 11) is 0. The minimum atomic E-state index is -0.620. The van der Waals surface area contributed by atoms with Gasteiger partial charge in [-0.1, -0.05) is 55.5 Å². The summed E-state index contributed by atoms with van der Waals surface area (Å²) in [6, 6.07) is 13.0. The van der Waals surface area contributed by atoms with Crippen molar-refractivity contribution in [3.05, 3.63) is 90.1 Å². The highest BCUT2D eigenvalue weighted by Crippen LogP contribution is 2.33. The van der Waals surface area contributed by atoms with Gasteiger partial charge < -0.3 is 14.2 Å². The van der Waals surface area contributed by atoms with Crippen molar-refractivity contribution >= 4 is 23.4 Å². The molecule has 1 aromatic heterocycles. The lowest BCUT2D eigenvalue weighted by molar-refractivity contribution is -0.139. The van der Waals surface area contributed by atoms with E-state index in [9.17, 15) is 9.59 Å². The van der Waals surface area contributed by atoms with Crippen LogP contribution in [0, 0.1) is 0 Å². The van der Waals surface area contributed by atoms with Crippen molar-refractivity contribution in [2.75, 3.05) is 13.4 Å². The molecule has 0 radical (unpaired) electrons. The number of aromatic nitrogens is 1. The third-order valence-electron chi connectivity index (χ3n) is 6.13. The van der Waals surface area contributed by atoms with Crippen LogP contribution in [-0.4, -0.2) is 23.9 Å². The van der Waals surface area contributed by atoms with Crippen molar-refractivity contribution in [2.24, 2.45) is 4.99 Å². The van der Waals surface area contributed by atoms with Crippen LogP contribution in [0.25, 0.3) is 6.08 Å². The van der Waals surface area contributed by atoms with Crippen LogP contribution < -0.4 is 24.4 Å². The van der Waals surface area contributed by atoms with Crippen molar-refractivity contribution in [3.63, 3.8) is 0 Å². The van der Waals surface area contributed by atoms with E-state index in [4.69, 9.17) is 14.2 Å². The fourth-order valence-electron chi connectivity index (χ4n) is 4.32. The van der Waals surface area contributed by atoms with Gasteiger partial charge in [-0.25, -0.2) is 9.79 Å². The van der Waals surface area contributed by atoms with Crippen LogP contribution in [0.15, 0.2) is 63.5 Å². The number of ether oxygens (including phenoxy) is 3. The van der Waals surface area contributed by atoms with E-state index in [0.717, 1.165) is 11.1 Å². The zero-order valence-corrected chi connectivity index (χ0v) is 20.8. The molecule has 5 rings (SSSR count). The minimum Gasteiger partial charge on any atom is -0.463 e. The summed E-state index contributed by atoms with van der Waals surface area (Å²) >= 11 is 1.30. The number of thiazole rings is 1. The Morgan fingerprint density at radius 3 is 2.66 bits per heavy atom. The third kappa shape index (κ3) is 4.18. The van der Waals surface area contributed by atoms with E-state index in [2.05, 4.69) is 18.8 Å². The van der Waals surface area contributed by atoms with Gasteiger partial charge >= 0.3 is 5.97 Å². The molecule has 0 N–H and O–H groups in total. The number of benzene rings is 2. The van der Waals surface area contributed by atoms with Gasteiger partial charge in [-0.3, -0.25) is 9.36 Å². The van der Waals surface area contributed by atoms with Gasteiger partial charge in [0.15, 0.2) is 16.3 Å². The lowest BCUT2D eigenvalue weighted by atomic mass is 9.93. The van der Waals surface area contributed by atoms with Gasteiger partial charge in [-0.2, -0.15) is 0 Å². The van der Waals surface area contributed by atoms with Gasteiger partial charge in [0.25, 0.3) is 5.56 Å². The van der Waals surface area contributed by atoms with Gasteiger partial charge in [0.2, 0.25) is 6.79 Å². The van der Waals surface area contributed by atoms with Crippen molar-refractivity contribution in [1.29, 1.82) is 0 Å². The predicted octanol–water partition coefficient (Wildman–Crippen LogP) is 3.65. The average Bonchev–Trinajstić information content (AvgIpc) is 3.42. The molecule has 0 amide bonds. The molecule has 0 bridgehead atoms. The Kier molecular flexibility index (Phi) is 6.06. The first-order chi connectivity index (χ1) is 16.9. The molecule has 2 aromatic carbocycles. The highest BCUT2D eigenvalue weighted by atomic mass is 32.1. The van der Waals surface area contributed by atoms with Crippen molar-refractivity contribution in [3.8, 4) is 11.5 Å². The second kappa shape index (κ2) is 9.19. The van der Waals surface area contributed by atoms with E-state index < -0.39 is 12.0 Å². The number of hydrogen-bond donors (Lipinski definition) is 0. The zero-order chi connectivity index (χ0) is 24.7. The van der Waals surface area contributed by atoms with Crippen LogP contribution in [-0.2, 0) is 9.53 Å². The van der Waals surface area contributed by atoms with Gasteiger partial charge in [0, 0.05) is 0 Å². The summed E-state index contributed by atoms with van der Waals surface area (Å²) < 4.78 is 18.3. The Hall–Kier alpha value is -3.65. The van der Waals surface area contributed by atoms with Crippen LogP contribution in [0.4, 0.5) is 0 Å². The van der Waals surface area contributed by atoms with E-state index in [1.165, 1.54) is 16.9 Å². The Bertz CT molecular complexity index is 1510. The summed E-state index contributed by atoms with van der Waals surface area (Å²) in [5.74, 6) is 1.24. The Morgan fingerprint density at radius 2 is 1.94 bits per heavy atom. The van der Waals surface area contributed by atoms with Gasteiger partial charge in [-0.05, 0) is 54.7 Å². The molecule has 0 saturated carbocycles. The molecule has 2 aliphatic rings. The molecule has 0 spiro atoms. The summed E-state index contributed by atoms with van der Waals surface area (Å²) in [6.07, 6.45) is 1.81. The smallest absolute Gasteiger partial charge is 0.338 e. The third-order valence-corrected chi connectivity index (χ3v) is 7.11. The second-order valence-electron chi connectivity index (χ2n) is 8.74. The molecule has 7 nitrogen and oxygen atoms in total. The molecular weight excluding hydrogens is 464 g/mol. The highest BCUT2D eigenvalue weighted by molar-refractivity contribution is 7.07. The molecule has 0 saturated heterocycles.